The van der Waals surface area contributed by atoms with E-state index in [1.165, 1.54) is 0 Å². The van der Waals surface area contributed by atoms with Crippen molar-refractivity contribution >= 4 is 5.78 Å². The molecule has 1 heterocycles. The number of nitrogens with zero attached hydrogens (tertiary/aromatic N) is 2. The number of Topliss-reactive ketones (excluding diaryl/α,β-unsaturated/α-hetero) is 1. The van der Waals surface area contributed by atoms with Crippen molar-refractivity contribution in [2.45, 2.75) is 13.3 Å². The van der Waals surface area contributed by atoms with Crippen LogP contribution in [0.3, 0.4) is 0 Å². The third-order valence-corrected chi connectivity index (χ3v) is 2.69. The molecule has 0 aliphatic rings. The number of carbonyl (C=O) groups is 1. The van der Waals surface area contributed by atoms with Gasteiger partial charge in [-0.15, -0.1) is 0 Å². The van der Waals surface area contributed by atoms with Gasteiger partial charge in [-0.2, -0.15) is 0 Å². The lowest BCUT2D eigenvalue weighted by Crippen LogP contribution is -2.09. The average molecular weight is 214 g/mol. The van der Waals surface area contributed by atoms with E-state index < -0.39 is 0 Å². The van der Waals surface area contributed by atoms with Crippen LogP contribution in [0.1, 0.15) is 21.7 Å². The van der Waals surface area contributed by atoms with Crippen LogP contribution < -0.4 is 0 Å². The molecule has 0 amide bonds. The standard InChI is InChI=1S/C13H14N2O/c1-10-5-3-4-6-11(10)12(16)9-13-14-7-8-15(13)2/h3-8H,9H2,1-2H3. The van der Waals surface area contributed by atoms with Crippen molar-refractivity contribution in [1.29, 1.82) is 0 Å². The second-order valence-corrected chi connectivity index (χ2v) is 3.87. The van der Waals surface area contributed by atoms with Crippen LogP contribution in [0.15, 0.2) is 36.7 Å². The normalized spacial score (nSPS) is 10.4. The van der Waals surface area contributed by atoms with Gasteiger partial charge in [-0.05, 0) is 12.5 Å². The Morgan fingerprint density at radius 3 is 2.75 bits per heavy atom. The Balaban J connectivity index is 2.22. The molecule has 2 aromatic rings. The first-order valence-corrected chi connectivity index (χ1v) is 5.23. The summed E-state index contributed by atoms with van der Waals surface area (Å²) in [5.41, 5.74) is 1.80. The van der Waals surface area contributed by atoms with Crippen molar-refractivity contribution in [2.24, 2.45) is 7.05 Å². The van der Waals surface area contributed by atoms with Crippen molar-refractivity contribution in [3.63, 3.8) is 0 Å². The number of carbonyl (C=O) groups excluding carboxylic acids is 1. The molecule has 1 aromatic carbocycles. The number of aryl methyl sites for hydroxylation is 2. The number of benzene rings is 1. The molecule has 2 rings (SSSR count). The van der Waals surface area contributed by atoms with Crippen molar-refractivity contribution in [3.8, 4) is 0 Å². The van der Waals surface area contributed by atoms with Crippen LogP contribution in [0.2, 0.25) is 0 Å². The lowest BCUT2D eigenvalue weighted by atomic mass is 10.0. The molecule has 0 aliphatic heterocycles. The van der Waals surface area contributed by atoms with E-state index in [9.17, 15) is 4.79 Å². The number of hydrogen-bond donors (Lipinski definition) is 0. The first-order chi connectivity index (χ1) is 7.68. The molecule has 0 spiro atoms. The molecule has 0 N–H and O–H groups in total. The minimum Gasteiger partial charge on any atom is -0.338 e. The van der Waals surface area contributed by atoms with Gasteiger partial charge in [-0.25, -0.2) is 4.98 Å². The van der Waals surface area contributed by atoms with Gasteiger partial charge in [-0.1, -0.05) is 24.3 Å². The first-order valence-electron chi connectivity index (χ1n) is 5.23. The highest BCUT2D eigenvalue weighted by Crippen LogP contribution is 2.10. The highest BCUT2D eigenvalue weighted by Gasteiger charge is 2.11. The number of hydrogen-bond acceptors (Lipinski definition) is 2. The van der Waals surface area contributed by atoms with Gasteiger partial charge in [0, 0.05) is 25.0 Å². The molecule has 16 heavy (non-hydrogen) atoms. The highest BCUT2D eigenvalue weighted by molar-refractivity contribution is 5.98. The van der Waals surface area contributed by atoms with Gasteiger partial charge in [0.2, 0.25) is 0 Å². The lowest BCUT2D eigenvalue weighted by molar-refractivity contribution is 0.0989. The Kier molecular flexibility index (Phi) is 2.86. The van der Waals surface area contributed by atoms with Crippen LogP contribution in [-0.2, 0) is 13.5 Å². The van der Waals surface area contributed by atoms with Gasteiger partial charge < -0.3 is 4.57 Å². The van der Waals surface area contributed by atoms with E-state index in [0.717, 1.165) is 17.0 Å². The maximum absolute atomic E-state index is 12.0. The van der Waals surface area contributed by atoms with Crippen molar-refractivity contribution < 1.29 is 4.79 Å². The second kappa shape index (κ2) is 4.31. The molecule has 0 bridgehead atoms. The molecule has 0 saturated heterocycles. The molecule has 3 heteroatoms. The van der Waals surface area contributed by atoms with Crippen molar-refractivity contribution in [1.82, 2.24) is 9.55 Å². The highest BCUT2D eigenvalue weighted by atomic mass is 16.1. The predicted octanol–water partition coefficient (Wildman–Crippen LogP) is 2.15. The average Bonchev–Trinajstić information content (AvgIpc) is 2.65. The summed E-state index contributed by atoms with van der Waals surface area (Å²) in [5, 5.41) is 0. The molecule has 0 saturated carbocycles. The summed E-state index contributed by atoms with van der Waals surface area (Å²) < 4.78 is 1.87. The Labute approximate surface area is 94.7 Å². The van der Waals surface area contributed by atoms with Gasteiger partial charge >= 0.3 is 0 Å². The fourth-order valence-corrected chi connectivity index (χ4v) is 1.69. The fourth-order valence-electron chi connectivity index (χ4n) is 1.69. The van der Waals surface area contributed by atoms with Gasteiger partial charge in [0.05, 0.1) is 6.42 Å². The molecule has 0 aliphatic carbocycles. The molecule has 0 atom stereocenters. The van der Waals surface area contributed by atoms with Crippen LogP contribution >= 0.6 is 0 Å². The van der Waals surface area contributed by atoms with E-state index in [-0.39, 0.29) is 5.78 Å². The number of rotatable bonds is 3. The number of aromatic nitrogens is 2. The van der Waals surface area contributed by atoms with Gasteiger partial charge in [0.15, 0.2) is 5.78 Å². The summed E-state index contributed by atoms with van der Waals surface area (Å²) in [6, 6.07) is 7.64. The Morgan fingerprint density at radius 1 is 1.38 bits per heavy atom. The monoisotopic (exact) mass is 214 g/mol. The van der Waals surface area contributed by atoms with Crippen LogP contribution in [0.25, 0.3) is 0 Å². The molecule has 3 nitrogen and oxygen atoms in total. The van der Waals surface area contributed by atoms with E-state index in [2.05, 4.69) is 4.98 Å². The second-order valence-electron chi connectivity index (χ2n) is 3.87. The van der Waals surface area contributed by atoms with E-state index in [0.29, 0.717) is 6.42 Å². The third kappa shape index (κ3) is 2.03. The maximum atomic E-state index is 12.0. The summed E-state index contributed by atoms with van der Waals surface area (Å²) in [5.74, 6) is 0.917. The molecule has 0 unspecified atom stereocenters. The van der Waals surface area contributed by atoms with Crippen LogP contribution in [0.5, 0.6) is 0 Å². The van der Waals surface area contributed by atoms with Crippen LogP contribution in [0.4, 0.5) is 0 Å². The third-order valence-electron chi connectivity index (χ3n) is 2.69. The molecule has 82 valence electrons. The zero-order valence-corrected chi connectivity index (χ0v) is 9.47. The molecule has 1 aromatic heterocycles. The topological polar surface area (TPSA) is 34.9 Å². The summed E-state index contributed by atoms with van der Waals surface area (Å²) >= 11 is 0. The predicted molar refractivity (Wildman–Crippen MR) is 62.4 cm³/mol. The Hall–Kier alpha value is -1.90. The minimum absolute atomic E-state index is 0.118. The van der Waals surface area contributed by atoms with E-state index in [4.69, 9.17) is 0 Å². The van der Waals surface area contributed by atoms with Gasteiger partial charge in [-0.3, -0.25) is 4.79 Å². The van der Waals surface area contributed by atoms with Gasteiger partial charge in [0.1, 0.15) is 5.82 Å². The fraction of sp³-hybridized carbons (Fsp3) is 0.231. The summed E-state index contributed by atoms with van der Waals surface area (Å²) in [6.07, 6.45) is 3.91. The van der Waals surface area contributed by atoms with E-state index >= 15 is 0 Å². The van der Waals surface area contributed by atoms with Crippen LogP contribution in [0, 0.1) is 6.92 Å². The zero-order chi connectivity index (χ0) is 11.5. The Morgan fingerprint density at radius 2 is 2.12 bits per heavy atom. The summed E-state index contributed by atoms with van der Waals surface area (Å²) in [7, 11) is 1.90. The zero-order valence-electron chi connectivity index (χ0n) is 9.47. The maximum Gasteiger partial charge on any atom is 0.170 e. The van der Waals surface area contributed by atoms with E-state index in [1.54, 1.807) is 6.20 Å². The molecule has 0 fully saturated rings. The Bertz CT molecular complexity index is 514. The molecular formula is C13H14N2O. The minimum atomic E-state index is 0.118. The number of ketones is 1. The molecular weight excluding hydrogens is 200 g/mol. The van der Waals surface area contributed by atoms with Gasteiger partial charge in [0.25, 0.3) is 0 Å². The van der Waals surface area contributed by atoms with Crippen molar-refractivity contribution in [2.75, 3.05) is 0 Å². The smallest absolute Gasteiger partial charge is 0.170 e. The van der Waals surface area contributed by atoms with Crippen LogP contribution in [-0.4, -0.2) is 15.3 Å². The van der Waals surface area contributed by atoms with Crippen molar-refractivity contribution in [3.05, 3.63) is 53.6 Å². The summed E-state index contributed by atoms with van der Waals surface area (Å²) in [4.78, 5) is 16.2. The first kappa shape index (κ1) is 10.6. The largest absolute Gasteiger partial charge is 0.338 e. The molecule has 0 radical (unpaired) electrons. The summed E-state index contributed by atoms with van der Waals surface area (Å²) in [6.45, 7) is 1.95. The lowest BCUT2D eigenvalue weighted by Gasteiger charge is -2.04. The number of imidazole rings is 1. The quantitative estimate of drug-likeness (QED) is 0.734. The van der Waals surface area contributed by atoms with E-state index in [1.807, 2.05) is 49.0 Å². The SMILES string of the molecule is Cc1ccccc1C(=O)Cc1nccn1C.